The first kappa shape index (κ1) is 29.8. The second kappa shape index (κ2) is 14.5. The summed E-state index contributed by atoms with van der Waals surface area (Å²) in [5.41, 5.74) is 2.79. The van der Waals surface area contributed by atoms with Crippen molar-refractivity contribution in [2.24, 2.45) is 0 Å². The number of thioether (sulfide) groups is 1. The van der Waals surface area contributed by atoms with Crippen LogP contribution in [-0.4, -0.2) is 74.4 Å². The predicted octanol–water partition coefficient (Wildman–Crippen LogP) is 5.74. The molecular formula is C32H34ClN5O3S. The number of halogens is 1. The van der Waals surface area contributed by atoms with Crippen molar-refractivity contribution in [2.45, 2.75) is 37.6 Å². The molecule has 1 aliphatic rings. The van der Waals surface area contributed by atoms with Crippen LogP contribution in [0, 0.1) is 0 Å². The van der Waals surface area contributed by atoms with E-state index in [9.17, 15) is 9.59 Å². The highest BCUT2D eigenvalue weighted by atomic mass is 35.5. The summed E-state index contributed by atoms with van der Waals surface area (Å²) in [6.45, 7) is 4.00. The second-order valence-corrected chi connectivity index (χ2v) is 11.6. The summed E-state index contributed by atoms with van der Waals surface area (Å²) < 4.78 is 7.65. The van der Waals surface area contributed by atoms with Gasteiger partial charge in [-0.1, -0.05) is 84.0 Å². The van der Waals surface area contributed by atoms with Crippen molar-refractivity contribution in [1.29, 1.82) is 0 Å². The molecule has 0 N–H and O–H groups in total. The Kier molecular flexibility index (Phi) is 10.3. The highest BCUT2D eigenvalue weighted by Gasteiger charge is 2.29. The van der Waals surface area contributed by atoms with Crippen LogP contribution in [0.2, 0.25) is 5.02 Å². The van der Waals surface area contributed by atoms with Gasteiger partial charge in [0.05, 0.1) is 11.6 Å². The Bertz CT molecular complexity index is 1480. The van der Waals surface area contributed by atoms with Crippen LogP contribution in [0.4, 0.5) is 0 Å². The molecule has 2 heterocycles. The van der Waals surface area contributed by atoms with Crippen molar-refractivity contribution < 1.29 is 14.3 Å². The van der Waals surface area contributed by atoms with Crippen LogP contribution in [-0.2, 0) is 20.9 Å². The number of aromatic nitrogens is 3. The van der Waals surface area contributed by atoms with E-state index in [2.05, 4.69) is 10.2 Å². The fraction of sp³-hybridized carbons (Fsp3) is 0.312. The van der Waals surface area contributed by atoms with Crippen LogP contribution >= 0.6 is 23.4 Å². The number of ether oxygens (including phenoxy) is 1. The zero-order valence-electron chi connectivity index (χ0n) is 23.6. The van der Waals surface area contributed by atoms with Crippen molar-refractivity contribution in [1.82, 2.24) is 24.6 Å². The Morgan fingerprint density at radius 1 is 0.929 bits per heavy atom. The van der Waals surface area contributed by atoms with E-state index in [4.69, 9.17) is 16.3 Å². The van der Waals surface area contributed by atoms with Crippen LogP contribution in [0.25, 0.3) is 17.1 Å². The van der Waals surface area contributed by atoms with E-state index in [-0.39, 0.29) is 24.5 Å². The molecule has 218 valence electrons. The number of carbonyl (C=O) groups is 2. The average molecular weight is 604 g/mol. The van der Waals surface area contributed by atoms with Crippen LogP contribution < -0.4 is 0 Å². The van der Waals surface area contributed by atoms with Gasteiger partial charge in [0.2, 0.25) is 11.8 Å². The molecule has 1 unspecified atom stereocenters. The smallest absolute Gasteiger partial charge is 0.248 e. The average Bonchev–Trinajstić information content (AvgIpc) is 3.43. The first-order chi connectivity index (χ1) is 20.5. The van der Waals surface area contributed by atoms with Crippen molar-refractivity contribution >= 4 is 35.2 Å². The van der Waals surface area contributed by atoms with Gasteiger partial charge < -0.3 is 14.5 Å². The number of rotatable bonds is 11. The minimum Gasteiger partial charge on any atom is -0.367 e. The van der Waals surface area contributed by atoms with Gasteiger partial charge >= 0.3 is 0 Å². The molecule has 0 bridgehead atoms. The number of carbonyl (C=O) groups excluding carboxylic acids is 2. The lowest BCUT2D eigenvalue weighted by Gasteiger charge is -2.40. The number of nitrogens with zero attached hydrogens (tertiary/aromatic N) is 5. The molecule has 1 fully saturated rings. The summed E-state index contributed by atoms with van der Waals surface area (Å²) >= 11 is 8.06. The lowest BCUT2D eigenvalue weighted by atomic mass is 10.1. The van der Waals surface area contributed by atoms with Gasteiger partial charge in [-0.25, -0.2) is 0 Å². The number of piperazine rings is 1. The maximum atomic E-state index is 13.0. The van der Waals surface area contributed by atoms with Crippen LogP contribution in [0.5, 0.6) is 0 Å². The molecule has 0 spiro atoms. The van der Waals surface area contributed by atoms with E-state index in [1.807, 2.05) is 106 Å². The van der Waals surface area contributed by atoms with Gasteiger partial charge in [-0.05, 0) is 43.2 Å². The standard InChI is InChI=1S/C32H34ClN5O3S/c1-24-21-36(18-19-37(24)30(40)23-41-22-25-11-4-2-5-12-25)29(39)17-10-20-42-32-35-34-31(27-15-8-9-16-28(27)33)38(32)26-13-6-3-7-14-26/h2-9,11-16,24H,10,17-23H2,1H3. The molecule has 0 saturated carbocycles. The summed E-state index contributed by atoms with van der Waals surface area (Å²) in [5.74, 6) is 1.46. The molecular weight excluding hydrogens is 570 g/mol. The minimum absolute atomic E-state index is 0.0379. The van der Waals surface area contributed by atoms with Gasteiger partial charge in [0.15, 0.2) is 11.0 Å². The number of para-hydroxylation sites is 1. The van der Waals surface area contributed by atoms with Crippen LogP contribution in [0.15, 0.2) is 90.1 Å². The molecule has 4 aromatic rings. The monoisotopic (exact) mass is 603 g/mol. The van der Waals surface area contributed by atoms with E-state index in [0.717, 1.165) is 22.0 Å². The maximum absolute atomic E-state index is 13.0. The van der Waals surface area contributed by atoms with Gasteiger partial charge in [0.1, 0.15) is 6.61 Å². The van der Waals surface area contributed by atoms with E-state index >= 15 is 0 Å². The zero-order chi connectivity index (χ0) is 29.3. The van der Waals surface area contributed by atoms with Gasteiger partial charge in [0, 0.05) is 49.1 Å². The molecule has 8 nitrogen and oxygen atoms in total. The number of amides is 2. The molecule has 5 rings (SSSR count). The minimum atomic E-state index is -0.0578. The Balaban J connectivity index is 1.11. The van der Waals surface area contributed by atoms with Crippen molar-refractivity contribution in [3.8, 4) is 17.1 Å². The third-order valence-corrected chi connectivity index (χ3v) is 8.51. The Labute approximate surface area is 255 Å². The van der Waals surface area contributed by atoms with Crippen molar-refractivity contribution in [2.75, 3.05) is 32.0 Å². The number of hydrogen-bond acceptors (Lipinski definition) is 6. The van der Waals surface area contributed by atoms with Gasteiger partial charge in [0.25, 0.3) is 0 Å². The van der Waals surface area contributed by atoms with Crippen LogP contribution in [0.3, 0.4) is 0 Å². The molecule has 1 aromatic heterocycles. The third-order valence-electron chi connectivity index (χ3n) is 7.17. The van der Waals surface area contributed by atoms with Crippen molar-refractivity contribution in [3.05, 3.63) is 95.5 Å². The SMILES string of the molecule is CC1CN(C(=O)CCCSc2nnc(-c3ccccc3Cl)n2-c2ccccc2)CCN1C(=O)COCc1ccccc1. The van der Waals surface area contributed by atoms with Gasteiger partial charge in [-0.3, -0.25) is 14.2 Å². The molecule has 2 amide bonds. The summed E-state index contributed by atoms with van der Waals surface area (Å²) in [6.07, 6.45) is 1.14. The topological polar surface area (TPSA) is 80.6 Å². The van der Waals surface area contributed by atoms with E-state index in [0.29, 0.717) is 55.7 Å². The zero-order valence-corrected chi connectivity index (χ0v) is 25.1. The summed E-state index contributed by atoms with van der Waals surface area (Å²) in [4.78, 5) is 29.4. The molecule has 1 aliphatic heterocycles. The fourth-order valence-electron chi connectivity index (χ4n) is 5.00. The largest absolute Gasteiger partial charge is 0.367 e. The Morgan fingerprint density at radius 3 is 2.38 bits per heavy atom. The predicted molar refractivity (Wildman–Crippen MR) is 166 cm³/mol. The second-order valence-electron chi connectivity index (χ2n) is 10.2. The summed E-state index contributed by atoms with van der Waals surface area (Å²) in [5, 5.41) is 10.3. The highest BCUT2D eigenvalue weighted by molar-refractivity contribution is 7.99. The van der Waals surface area contributed by atoms with E-state index < -0.39 is 0 Å². The fourth-order valence-corrected chi connectivity index (χ4v) is 6.11. The summed E-state index contributed by atoms with van der Waals surface area (Å²) in [6, 6.07) is 27.3. The van der Waals surface area contributed by atoms with Gasteiger partial charge in [-0.2, -0.15) is 0 Å². The van der Waals surface area contributed by atoms with Crippen LogP contribution in [0.1, 0.15) is 25.3 Å². The molecule has 0 aliphatic carbocycles. The highest BCUT2D eigenvalue weighted by Crippen LogP contribution is 2.32. The lowest BCUT2D eigenvalue weighted by molar-refractivity contribution is -0.145. The molecule has 3 aromatic carbocycles. The summed E-state index contributed by atoms with van der Waals surface area (Å²) in [7, 11) is 0. The maximum Gasteiger partial charge on any atom is 0.248 e. The molecule has 42 heavy (non-hydrogen) atoms. The first-order valence-corrected chi connectivity index (χ1v) is 15.4. The first-order valence-electron chi connectivity index (χ1n) is 14.1. The lowest BCUT2D eigenvalue weighted by Crippen LogP contribution is -2.56. The normalized spacial score (nSPS) is 15.1. The molecule has 10 heteroatoms. The van der Waals surface area contributed by atoms with E-state index in [1.54, 1.807) is 11.8 Å². The molecule has 0 radical (unpaired) electrons. The van der Waals surface area contributed by atoms with Crippen molar-refractivity contribution in [3.63, 3.8) is 0 Å². The van der Waals surface area contributed by atoms with Gasteiger partial charge in [-0.15, -0.1) is 10.2 Å². The number of benzene rings is 3. The number of hydrogen-bond donors (Lipinski definition) is 0. The third kappa shape index (κ3) is 7.40. The molecule has 1 atom stereocenters. The Hall–Kier alpha value is -3.66. The van der Waals surface area contributed by atoms with E-state index in [1.165, 1.54) is 0 Å². The quantitative estimate of drug-likeness (QED) is 0.161. The molecule has 1 saturated heterocycles. The Morgan fingerprint density at radius 2 is 1.64 bits per heavy atom.